The van der Waals surface area contributed by atoms with Crippen molar-refractivity contribution in [1.82, 2.24) is 10.2 Å². The highest BCUT2D eigenvalue weighted by Crippen LogP contribution is 2.30. The van der Waals surface area contributed by atoms with Crippen molar-refractivity contribution in [3.63, 3.8) is 0 Å². The molecule has 0 spiro atoms. The largest absolute Gasteiger partial charge is 0.457 e. The molecule has 4 rings (SSSR count). The van der Waals surface area contributed by atoms with Gasteiger partial charge in [-0.15, -0.1) is 10.2 Å². The predicted octanol–water partition coefficient (Wildman–Crippen LogP) is 5.42. The highest BCUT2D eigenvalue weighted by atomic mass is 32.2. The fraction of sp³-hybridized carbons (Fsp3) is 0.160. The Bertz CT molecular complexity index is 1400. The molecule has 0 radical (unpaired) electrons. The molecule has 0 aliphatic heterocycles. The van der Waals surface area contributed by atoms with Crippen LogP contribution >= 0.6 is 23.1 Å². The van der Waals surface area contributed by atoms with Crippen LogP contribution in [0.3, 0.4) is 0 Å². The summed E-state index contributed by atoms with van der Waals surface area (Å²) in [6, 6.07) is 24.7. The normalized spacial score (nSPS) is 12.1. The number of nitrogens with zero attached hydrogens (tertiary/aromatic N) is 3. The van der Waals surface area contributed by atoms with Gasteiger partial charge in [0, 0.05) is 5.75 Å². The highest BCUT2D eigenvalue weighted by Gasteiger charge is 2.30. The number of carbonyl (C=O) groups is 1. The summed E-state index contributed by atoms with van der Waals surface area (Å²) in [5.41, 5.74) is 1.50. The first-order valence-corrected chi connectivity index (χ1v) is 14.6. The number of nitrogens with one attached hydrogen (secondary N) is 1. The molecule has 1 amide bonds. The number of sulfonamides is 1. The number of rotatable bonds is 10. The van der Waals surface area contributed by atoms with Crippen LogP contribution in [0, 0.1) is 0 Å². The maximum atomic E-state index is 13.0. The predicted molar refractivity (Wildman–Crippen MR) is 144 cm³/mol. The smallest absolute Gasteiger partial charge is 0.249 e. The molecule has 8 nitrogen and oxygen atoms in total. The van der Waals surface area contributed by atoms with Gasteiger partial charge in [0.15, 0.2) is 4.34 Å². The second kappa shape index (κ2) is 11.5. The number of anilines is 2. The van der Waals surface area contributed by atoms with Gasteiger partial charge in [0.1, 0.15) is 17.5 Å². The van der Waals surface area contributed by atoms with Gasteiger partial charge >= 0.3 is 0 Å². The number of aromatic nitrogens is 2. The number of hydrogen-bond acceptors (Lipinski definition) is 8. The fourth-order valence-corrected chi connectivity index (χ4v) is 6.23. The SMILES string of the molecule is C[C@@H](C(=O)Nc1nnc(SCc2ccccc2)s1)N(c1ccc(Oc2ccccc2)cc1)S(C)(=O)=O. The van der Waals surface area contributed by atoms with E-state index in [9.17, 15) is 13.2 Å². The van der Waals surface area contributed by atoms with Crippen molar-refractivity contribution in [1.29, 1.82) is 0 Å². The zero-order valence-electron chi connectivity index (χ0n) is 19.6. The summed E-state index contributed by atoms with van der Waals surface area (Å²) in [6.45, 7) is 1.52. The van der Waals surface area contributed by atoms with Crippen LogP contribution in [0.1, 0.15) is 12.5 Å². The van der Waals surface area contributed by atoms with Gasteiger partial charge in [-0.1, -0.05) is 71.6 Å². The van der Waals surface area contributed by atoms with Gasteiger partial charge in [-0.3, -0.25) is 14.4 Å². The van der Waals surface area contributed by atoms with Crippen LogP contribution in [0.15, 0.2) is 89.3 Å². The average Bonchev–Trinajstić information content (AvgIpc) is 3.31. The number of ether oxygens (including phenoxy) is 1. The third kappa shape index (κ3) is 6.84. The van der Waals surface area contributed by atoms with Crippen LogP contribution in [0.2, 0.25) is 0 Å². The van der Waals surface area contributed by atoms with Crippen LogP contribution in [0.4, 0.5) is 10.8 Å². The molecular weight excluding hydrogens is 517 g/mol. The lowest BCUT2D eigenvalue weighted by atomic mass is 10.2. The maximum absolute atomic E-state index is 13.0. The van der Waals surface area contributed by atoms with Gasteiger partial charge < -0.3 is 4.74 Å². The molecule has 0 fully saturated rings. The standard InChI is InChI=1S/C25H24N4O4S3/c1-18(23(30)26-24-27-28-25(35-24)34-17-19-9-5-3-6-10-19)29(36(2,31)32)20-13-15-22(16-14-20)33-21-11-7-4-8-12-21/h3-16,18H,17H2,1-2H3,(H,26,27,30)/t18-/m0/s1. The minimum absolute atomic E-state index is 0.308. The van der Waals surface area contributed by atoms with Crippen molar-refractivity contribution in [3.05, 3.63) is 90.5 Å². The number of carbonyl (C=O) groups excluding carboxylic acids is 1. The minimum Gasteiger partial charge on any atom is -0.457 e. The Morgan fingerprint density at radius 2 is 1.58 bits per heavy atom. The van der Waals surface area contributed by atoms with E-state index in [4.69, 9.17) is 4.74 Å². The molecule has 1 aromatic heterocycles. The van der Waals surface area contributed by atoms with Crippen molar-refractivity contribution < 1.29 is 17.9 Å². The van der Waals surface area contributed by atoms with Gasteiger partial charge in [0.25, 0.3) is 0 Å². The van der Waals surface area contributed by atoms with E-state index in [1.54, 1.807) is 24.3 Å². The van der Waals surface area contributed by atoms with Crippen molar-refractivity contribution in [2.24, 2.45) is 0 Å². The number of para-hydroxylation sites is 1. The number of thioether (sulfide) groups is 1. The molecule has 11 heteroatoms. The van der Waals surface area contributed by atoms with E-state index in [-0.39, 0.29) is 0 Å². The van der Waals surface area contributed by atoms with Gasteiger partial charge in [-0.05, 0) is 48.9 Å². The van der Waals surface area contributed by atoms with Crippen LogP contribution in [-0.4, -0.2) is 36.8 Å². The third-order valence-corrected chi connectivity index (χ3v) is 8.29. The minimum atomic E-state index is -3.77. The first-order valence-electron chi connectivity index (χ1n) is 10.9. The molecule has 1 heterocycles. The van der Waals surface area contributed by atoms with Crippen molar-refractivity contribution in [3.8, 4) is 11.5 Å². The topological polar surface area (TPSA) is 101 Å². The van der Waals surface area contributed by atoms with E-state index in [1.165, 1.54) is 30.0 Å². The zero-order chi connectivity index (χ0) is 25.5. The van der Waals surface area contributed by atoms with Crippen LogP contribution in [-0.2, 0) is 20.6 Å². The summed E-state index contributed by atoms with van der Waals surface area (Å²) in [6.07, 6.45) is 1.06. The summed E-state index contributed by atoms with van der Waals surface area (Å²) in [4.78, 5) is 13.0. The van der Waals surface area contributed by atoms with E-state index in [0.717, 1.165) is 21.9 Å². The van der Waals surface area contributed by atoms with Crippen molar-refractivity contribution in [2.45, 2.75) is 23.1 Å². The first kappa shape index (κ1) is 25.7. The molecule has 4 aromatic rings. The van der Waals surface area contributed by atoms with Gasteiger partial charge in [0.2, 0.25) is 21.1 Å². The van der Waals surface area contributed by atoms with E-state index >= 15 is 0 Å². The molecule has 0 aliphatic rings. The molecule has 0 aliphatic carbocycles. The highest BCUT2D eigenvalue weighted by molar-refractivity contribution is 8.00. The Hall–Kier alpha value is -3.41. The summed E-state index contributed by atoms with van der Waals surface area (Å²) in [5, 5.41) is 11.1. The Kier molecular flexibility index (Phi) is 8.24. The molecule has 36 heavy (non-hydrogen) atoms. The van der Waals surface area contributed by atoms with Crippen molar-refractivity contribution >= 4 is 49.8 Å². The second-order valence-electron chi connectivity index (χ2n) is 7.78. The van der Waals surface area contributed by atoms with Gasteiger partial charge in [-0.2, -0.15) is 0 Å². The molecule has 0 saturated carbocycles. The molecular formula is C25H24N4O4S3. The van der Waals surface area contributed by atoms with Crippen LogP contribution in [0.25, 0.3) is 0 Å². The zero-order valence-corrected chi connectivity index (χ0v) is 22.0. The first-order chi connectivity index (χ1) is 17.3. The molecule has 1 atom stereocenters. The summed E-state index contributed by atoms with van der Waals surface area (Å²) < 4.78 is 32.8. The third-order valence-electron chi connectivity index (χ3n) is 5.00. The van der Waals surface area contributed by atoms with Crippen LogP contribution < -0.4 is 14.4 Å². The molecule has 186 valence electrons. The lowest BCUT2D eigenvalue weighted by Crippen LogP contribution is -2.45. The Balaban J connectivity index is 1.42. The Morgan fingerprint density at radius 1 is 0.972 bits per heavy atom. The second-order valence-corrected chi connectivity index (χ2v) is 11.8. The van der Waals surface area contributed by atoms with Gasteiger partial charge in [-0.25, -0.2) is 8.42 Å². The quantitative estimate of drug-likeness (QED) is 0.212. The van der Waals surface area contributed by atoms with Gasteiger partial charge in [0.05, 0.1) is 11.9 Å². The number of benzene rings is 3. The monoisotopic (exact) mass is 540 g/mol. The van der Waals surface area contributed by atoms with Crippen molar-refractivity contribution in [2.75, 3.05) is 15.9 Å². The Labute approximate surface area is 218 Å². The average molecular weight is 541 g/mol. The van der Waals surface area contributed by atoms with Crippen LogP contribution in [0.5, 0.6) is 11.5 Å². The van der Waals surface area contributed by atoms with E-state index in [0.29, 0.717) is 26.7 Å². The lowest BCUT2D eigenvalue weighted by molar-refractivity contribution is -0.116. The summed E-state index contributed by atoms with van der Waals surface area (Å²) >= 11 is 2.75. The van der Waals surface area contributed by atoms with E-state index < -0.39 is 22.0 Å². The summed E-state index contributed by atoms with van der Waals surface area (Å²) in [7, 11) is -3.77. The molecule has 3 aromatic carbocycles. The lowest BCUT2D eigenvalue weighted by Gasteiger charge is -2.28. The molecule has 1 N–H and O–H groups in total. The molecule has 0 saturated heterocycles. The Morgan fingerprint density at radius 3 is 2.22 bits per heavy atom. The summed E-state index contributed by atoms with van der Waals surface area (Å²) in [5.74, 6) is 1.42. The number of hydrogen-bond donors (Lipinski definition) is 1. The number of amides is 1. The van der Waals surface area contributed by atoms with E-state index in [1.807, 2.05) is 60.7 Å². The maximum Gasteiger partial charge on any atom is 0.249 e. The molecule has 0 bridgehead atoms. The van der Waals surface area contributed by atoms with E-state index in [2.05, 4.69) is 15.5 Å². The molecule has 0 unspecified atom stereocenters. The fourth-order valence-electron chi connectivity index (χ4n) is 3.34.